The van der Waals surface area contributed by atoms with Gasteiger partial charge in [0, 0.05) is 29.5 Å². The first-order valence-corrected chi connectivity index (χ1v) is 9.49. The van der Waals surface area contributed by atoms with Gasteiger partial charge in [-0.25, -0.2) is 15.0 Å². The molecule has 28 heavy (non-hydrogen) atoms. The molecular weight excluding hydrogens is 348 g/mol. The number of hydrogen-bond acceptors (Lipinski definition) is 5. The molecule has 6 heteroatoms. The van der Waals surface area contributed by atoms with Crippen LogP contribution in [0.4, 0.5) is 5.82 Å². The van der Waals surface area contributed by atoms with Gasteiger partial charge in [-0.2, -0.15) is 0 Å². The molecule has 3 aromatic heterocycles. The Labute approximate surface area is 163 Å². The van der Waals surface area contributed by atoms with Gasteiger partial charge in [-0.3, -0.25) is 4.57 Å². The van der Waals surface area contributed by atoms with Crippen LogP contribution in [0, 0.1) is 0 Å². The number of hydrogen-bond donors (Lipinski definition) is 2. The lowest BCUT2D eigenvalue weighted by atomic mass is 10.1. The summed E-state index contributed by atoms with van der Waals surface area (Å²) in [5.74, 6) is 1.19. The summed E-state index contributed by atoms with van der Waals surface area (Å²) < 4.78 is 2.07. The molecule has 1 fully saturated rings. The van der Waals surface area contributed by atoms with E-state index in [1.54, 1.807) is 6.20 Å². The second kappa shape index (κ2) is 6.14. The van der Waals surface area contributed by atoms with E-state index >= 15 is 0 Å². The average molecular weight is 370 g/mol. The highest BCUT2D eigenvalue weighted by Gasteiger charge is 2.40. The van der Waals surface area contributed by atoms with Crippen molar-refractivity contribution in [3.05, 3.63) is 66.0 Å². The van der Waals surface area contributed by atoms with Gasteiger partial charge in [-0.1, -0.05) is 19.1 Å². The van der Waals surface area contributed by atoms with Crippen molar-refractivity contribution in [2.45, 2.75) is 31.7 Å². The zero-order valence-corrected chi connectivity index (χ0v) is 15.8. The Morgan fingerprint density at radius 1 is 1.04 bits per heavy atom. The highest BCUT2D eigenvalue weighted by Crippen LogP contribution is 2.47. The maximum absolute atomic E-state index is 6.17. The number of pyridine rings is 2. The summed E-state index contributed by atoms with van der Waals surface area (Å²) in [6.07, 6.45) is 4.03. The largest absolute Gasteiger partial charge is 0.383 e. The van der Waals surface area contributed by atoms with Crippen molar-refractivity contribution in [2.75, 3.05) is 5.73 Å². The summed E-state index contributed by atoms with van der Waals surface area (Å²) in [6, 6.07) is 16.1. The van der Waals surface area contributed by atoms with Gasteiger partial charge in [0.15, 0.2) is 11.5 Å². The molecule has 0 unspecified atom stereocenters. The molecule has 0 spiro atoms. The Hall–Kier alpha value is -3.25. The van der Waals surface area contributed by atoms with E-state index in [2.05, 4.69) is 28.6 Å². The lowest BCUT2D eigenvalue weighted by Gasteiger charge is -2.12. The van der Waals surface area contributed by atoms with Crippen LogP contribution in [-0.2, 0) is 12.0 Å². The number of anilines is 1. The van der Waals surface area contributed by atoms with Gasteiger partial charge in [-0.15, -0.1) is 0 Å². The summed E-state index contributed by atoms with van der Waals surface area (Å²) in [7, 11) is 0. The Morgan fingerprint density at radius 2 is 1.82 bits per heavy atom. The summed E-state index contributed by atoms with van der Waals surface area (Å²) >= 11 is 0. The number of rotatable bonds is 4. The molecule has 0 radical (unpaired) electrons. The molecule has 5 rings (SSSR count). The molecule has 0 aliphatic heterocycles. The summed E-state index contributed by atoms with van der Waals surface area (Å²) in [5, 5.41) is 0. The fourth-order valence-electron chi connectivity index (χ4n) is 3.55. The Morgan fingerprint density at radius 3 is 2.50 bits per heavy atom. The SMILES string of the molecule is CC1(c2ccc3nc(-c4cccnc4N)n(-c4ccc(CN)cc4)c3n2)CC1. The Kier molecular flexibility index (Phi) is 3.70. The third-order valence-corrected chi connectivity index (χ3v) is 5.63. The summed E-state index contributed by atoms with van der Waals surface area (Å²) in [6.45, 7) is 2.77. The monoisotopic (exact) mass is 370 g/mol. The first-order chi connectivity index (χ1) is 13.6. The lowest BCUT2D eigenvalue weighted by molar-refractivity contribution is 0.753. The van der Waals surface area contributed by atoms with Crippen molar-refractivity contribution in [2.24, 2.45) is 5.73 Å². The number of nitrogens with two attached hydrogens (primary N) is 2. The number of benzene rings is 1. The fourth-order valence-corrected chi connectivity index (χ4v) is 3.55. The summed E-state index contributed by atoms with van der Waals surface area (Å²) in [4.78, 5) is 14.1. The van der Waals surface area contributed by atoms with Crippen LogP contribution in [0.1, 0.15) is 31.0 Å². The van der Waals surface area contributed by atoms with E-state index in [4.69, 9.17) is 21.4 Å². The van der Waals surface area contributed by atoms with E-state index in [1.165, 1.54) is 12.8 Å². The number of nitrogen functional groups attached to an aromatic ring is 1. The first-order valence-electron chi connectivity index (χ1n) is 9.49. The molecule has 1 aliphatic carbocycles. The lowest BCUT2D eigenvalue weighted by Crippen LogP contribution is -2.06. The fraction of sp³-hybridized carbons (Fsp3) is 0.227. The molecule has 6 nitrogen and oxygen atoms in total. The molecule has 0 bridgehead atoms. The van der Waals surface area contributed by atoms with Gasteiger partial charge in [0.2, 0.25) is 0 Å². The second-order valence-electron chi connectivity index (χ2n) is 7.68. The van der Waals surface area contributed by atoms with Crippen LogP contribution in [-0.4, -0.2) is 19.5 Å². The third kappa shape index (κ3) is 2.65. The third-order valence-electron chi connectivity index (χ3n) is 5.63. The standard InChI is InChI=1S/C22H22N6/c1-22(10-11-22)18-9-8-17-21(27-18)28(15-6-4-14(13-23)5-7-15)20(26-17)16-3-2-12-25-19(16)24/h2-9,12H,10-11,13,23H2,1H3,(H2,24,25). The van der Waals surface area contributed by atoms with E-state index in [0.29, 0.717) is 12.4 Å². The molecule has 3 heterocycles. The molecule has 1 aromatic carbocycles. The maximum Gasteiger partial charge on any atom is 0.165 e. The normalized spacial score (nSPS) is 15.1. The molecule has 0 saturated heterocycles. The predicted molar refractivity (Wildman–Crippen MR) is 111 cm³/mol. The van der Waals surface area contributed by atoms with E-state index in [0.717, 1.165) is 39.5 Å². The van der Waals surface area contributed by atoms with Gasteiger partial charge in [0.05, 0.1) is 5.56 Å². The number of imidazole rings is 1. The molecule has 1 aliphatic rings. The van der Waals surface area contributed by atoms with Crippen LogP contribution in [0.15, 0.2) is 54.7 Å². The minimum absolute atomic E-state index is 0.181. The molecule has 0 amide bonds. The summed E-state index contributed by atoms with van der Waals surface area (Å²) in [5.41, 5.74) is 17.8. The molecule has 4 aromatic rings. The van der Waals surface area contributed by atoms with Crippen LogP contribution >= 0.6 is 0 Å². The van der Waals surface area contributed by atoms with Crippen molar-refractivity contribution in [1.29, 1.82) is 0 Å². The highest BCUT2D eigenvalue weighted by atomic mass is 15.1. The average Bonchev–Trinajstić information content (AvgIpc) is 3.36. The Bertz CT molecular complexity index is 1170. The quantitative estimate of drug-likeness (QED) is 0.572. The maximum atomic E-state index is 6.17. The van der Waals surface area contributed by atoms with Crippen molar-refractivity contribution >= 4 is 17.0 Å². The van der Waals surface area contributed by atoms with E-state index < -0.39 is 0 Å². The van der Waals surface area contributed by atoms with Crippen LogP contribution in [0.3, 0.4) is 0 Å². The van der Waals surface area contributed by atoms with Crippen molar-refractivity contribution in [3.8, 4) is 17.1 Å². The van der Waals surface area contributed by atoms with Crippen LogP contribution in [0.5, 0.6) is 0 Å². The highest BCUT2D eigenvalue weighted by molar-refractivity contribution is 5.83. The van der Waals surface area contributed by atoms with E-state index in [-0.39, 0.29) is 5.41 Å². The molecule has 1 saturated carbocycles. The Balaban J connectivity index is 1.79. The minimum atomic E-state index is 0.181. The number of fused-ring (bicyclic) bond motifs is 1. The van der Waals surface area contributed by atoms with E-state index in [1.807, 2.05) is 36.4 Å². The molecule has 140 valence electrons. The molecule has 4 N–H and O–H groups in total. The van der Waals surface area contributed by atoms with Gasteiger partial charge < -0.3 is 11.5 Å². The van der Waals surface area contributed by atoms with Gasteiger partial charge in [0.25, 0.3) is 0 Å². The van der Waals surface area contributed by atoms with Crippen molar-refractivity contribution in [3.63, 3.8) is 0 Å². The second-order valence-corrected chi connectivity index (χ2v) is 7.68. The predicted octanol–water partition coefficient (Wildman–Crippen LogP) is 3.57. The molecule has 0 atom stereocenters. The van der Waals surface area contributed by atoms with Crippen molar-refractivity contribution in [1.82, 2.24) is 19.5 Å². The van der Waals surface area contributed by atoms with Crippen LogP contribution in [0.25, 0.3) is 28.2 Å². The zero-order valence-electron chi connectivity index (χ0n) is 15.8. The minimum Gasteiger partial charge on any atom is -0.383 e. The van der Waals surface area contributed by atoms with Gasteiger partial charge in [0.1, 0.15) is 11.3 Å². The first kappa shape index (κ1) is 16.9. The smallest absolute Gasteiger partial charge is 0.165 e. The van der Waals surface area contributed by atoms with Crippen LogP contribution in [0.2, 0.25) is 0 Å². The number of nitrogens with zero attached hydrogens (tertiary/aromatic N) is 4. The van der Waals surface area contributed by atoms with Gasteiger partial charge in [-0.05, 0) is 54.8 Å². The zero-order chi connectivity index (χ0) is 19.3. The number of aromatic nitrogens is 4. The van der Waals surface area contributed by atoms with Crippen LogP contribution < -0.4 is 11.5 Å². The van der Waals surface area contributed by atoms with E-state index in [9.17, 15) is 0 Å². The molecular formula is C22H22N6. The van der Waals surface area contributed by atoms with Crippen molar-refractivity contribution < 1.29 is 0 Å². The van der Waals surface area contributed by atoms with Gasteiger partial charge >= 0.3 is 0 Å². The topological polar surface area (TPSA) is 95.6 Å².